The van der Waals surface area contributed by atoms with Crippen LogP contribution in [0.5, 0.6) is 5.75 Å². The lowest BCUT2D eigenvalue weighted by Crippen LogP contribution is -2.06. The van der Waals surface area contributed by atoms with Gasteiger partial charge in [0.2, 0.25) is 0 Å². The van der Waals surface area contributed by atoms with Crippen molar-refractivity contribution in [1.82, 2.24) is 0 Å². The number of ether oxygens (including phenoxy) is 1. The SMILES string of the molecule is CCCCOC(=O)CCc1ccc(O)c(N=Cc2ccc(-c3cc(C)c(C)s3)s2)c1. The topological polar surface area (TPSA) is 58.9 Å². The summed E-state index contributed by atoms with van der Waals surface area (Å²) in [5, 5.41) is 10.1. The third kappa shape index (κ3) is 6.03. The maximum Gasteiger partial charge on any atom is 0.306 e. The first-order chi connectivity index (χ1) is 14.5. The number of rotatable bonds is 9. The summed E-state index contributed by atoms with van der Waals surface area (Å²) >= 11 is 3.48. The molecular formula is C24H27NO3S2. The molecule has 0 aliphatic heterocycles. The number of hydrogen-bond acceptors (Lipinski definition) is 6. The number of hydrogen-bond donors (Lipinski definition) is 1. The molecule has 0 amide bonds. The first-order valence-electron chi connectivity index (χ1n) is 10.1. The molecule has 0 unspecified atom stereocenters. The molecule has 0 spiro atoms. The molecule has 2 heterocycles. The largest absolute Gasteiger partial charge is 0.506 e. The minimum atomic E-state index is -0.188. The van der Waals surface area contributed by atoms with E-state index in [-0.39, 0.29) is 11.7 Å². The van der Waals surface area contributed by atoms with Crippen molar-refractivity contribution in [2.24, 2.45) is 4.99 Å². The Balaban J connectivity index is 1.64. The maximum atomic E-state index is 11.8. The number of aliphatic imine (C=N–C) groups is 1. The Labute approximate surface area is 185 Å². The van der Waals surface area contributed by atoms with Gasteiger partial charge in [0.15, 0.2) is 0 Å². The molecule has 1 N–H and O–H groups in total. The van der Waals surface area contributed by atoms with Crippen molar-refractivity contribution in [2.45, 2.75) is 46.5 Å². The van der Waals surface area contributed by atoms with Crippen LogP contribution >= 0.6 is 22.7 Å². The van der Waals surface area contributed by atoms with Gasteiger partial charge in [0.1, 0.15) is 11.4 Å². The van der Waals surface area contributed by atoms with Crippen LogP contribution in [0.25, 0.3) is 9.75 Å². The number of benzene rings is 1. The molecule has 3 rings (SSSR count). The van der Waals surface area contributed by atoms with Crippen LogP contribution in [-0.2, 0) is 16.0 Å². The summed E-state index contributed by atoms with van der Waals surface area (Å²) in [7, 11) is 0. The molecular weight excluding hydrogens is 414 g/mol. The third-order valence-electron chi connectivity index (χ3n) is 4.79. The van der Waals surface area contributed by atoms with Crippen LogP contribution in [0, 0.1) is 13.8 Å². The molecule has 0 saturated heterocycles. The highest BCUT2D eigenvalue weighted by Crippen LogP contribution is 2.35. The number of aromatic hydroxyl groups is 1. The molecule has 0 aliphatic rings. The molecule has 4 nitrogen and oxygen atoms in total. The second-order valence-electron chi connectivity index (χ2n) is 7.21. The zero-order valence-electron chi connectivity index (χ0n) is 17.6. The van der Waals surface area contributed by atoms with Gasteiger partial charge in [-0.1, -0.05) is 19.4 Å². The maximum absolute atomic E-state index is 11.8. The Morgan fingerprint density at radius 2 is 1.97 bits per heavy atom. The third-order valence-corrected chi connectivity index (χ3v) is 7.15. The zero-order chi connectivity index (χ0) is 21.5. The van der Waals surface area contributed by atoms with Crippen molar-refractivity contribution in [3.63, 3.8) is 0 Å². The highest BCUT2D eigenvalue weighted by Gasteiger charge is 2.08. The van der Waals surface area contributed by atoms with E-state index in [1.807, 2.05) is 18.2 Å². The van der Waals surface area contributed by atoms with E-state index in [4.69, 9.17) is 4.74 Å². The number of aryl methyl sites for hydroxylation is 3. The summed E-state index contributed by atoms with van der Waals surface area (Å²) in [4.78, 5) is 21.1. The van der Waals surface area contributed by atoms with Gasteiger partial charge in [-0.2, -0.15) is 0 Å². The number of thiophene rings is 2. The monoisotopic (exact) mass is 441 g/mol. The zero-order valence-corrected chi connectivity index (χ0v) is 19.2. The van der Waals surface area contributed by atoms with Crippen molar-refractivity contribution < 1.29 is 14.6 Å². The minimum Gasteiger partial charge on any atom is -0.506 e. The van der Waals surface area contributed by atoms with E-state index in [1.165, 1.54) is 20.2 Å². The first-order valence-corrected chi connectivity index (χ1v) is 11.8. The Hall–Kier alpha value is -2.44. The van der Waals surface area contributed by atoms with Gasteiger partial charge in [-0.3, -0.25) is 9.79 Å². The molecule has 6 heteroatoms. The van der Waals surface area contributed by atoms with Gasteiger partial charge in [-0.05, 0) is 68.1 Å². The number of phenolic OH excluding ortho intramolecular Hbond substituents is 1. The molecule has 1 aromatic carbocycles. The van der Waals surface area contributed by atoms with Crippen LogP contribution in [0.4, 0.5) is 5.69 Å². The van der Waals surface area contributed by atoms with Gasteiger partial charge in [-0.25, -0.2) is 0 Å². The quantitative estimate of drug-likeness (QED) is 0.225. The van der Waals surface area contributed by atoms with Crippen molar-refractivity contribution >= 4 is 40.5 Å². The van der Waals surface area contributed by atoms with Crippen molar-refractivity contribution in [2.75, 3.05) is 6.61 Å². The van der Waals surface area contributed by atoms with Crippen LogP contribution in [-0.4, -0.2) is 23.9 Å². The van der Waals surface area contributed by atoms with Crippen LogP contribution in [0.3, 0.4) is 0 Å². The van der Waals surface area contributed by atoms with Gasteiger partial charge in [0.25, 0.3) is 0 Å². The Morgan fingerprint density at radius 3 is 2.70 bits per heavy atom. The highest BCUT2D eigenvalue weighted by molar-refractivity contribution is 7.23. The molecule has 0 radical (unpaired) electrons. The predicted molar refractivity (Wildman–Crippen MR) is 127 cm³/mol. The lowest BCUT2D eigenvalue weighted by Gasteiger charge is -2.05. The molecule has 2 aromatic heterocycles. The second kappa shape index (κ2) is 10.5. The summed E-state index contributed by atoms with van der Waals surface area (Å²) in [5.41, 5.74) is 2.77. The number of esters is 1. The average molecular weight is 442 g/mol. The predicted octanol–water partition coefficient (Wildman–Crippen LogP) is 6.83. The van der Waals surface area contributed by atoms with Gasteiger partial charge in [-0.15, -0.1) is 22.7 Å². The Morgan fingerprint density at radius 1 is 1.13 bits per heavy atom. The minimum absolute atomic E-state index is 0.127. The number of carbonyl (C=O) groups excluding carboxylic acids is 1. The van der Waals surface area contributed by atoms with E-state index in [9.17, 15) is 9.90 Å². The van der Waals surface area contributed by atoms with Crippen molar-refractivity contribution in [3.05, 3.63) is 57.3 Å². The van der Waals surface area contributed by atoms with E-state index >= 15 is 0 Å². The van der Waals surface area contributed by atoms with Gasteiger partial charge < -0.3 is 9.84 Å². The fourth-order valence-electron chi connectivity index (χ4n) is 2.86. The smallest absolute Gasteiger partial charge is 0.306 e. The Bertz CT molecular complexity index is 1010. The van der Waals surface area contributed by atoms with Gasteiger partial charge in [0, 0.05) is 32.1 Å². The molecule has 0 aliphatic carbocycles. The molecule has 0 atom stereocenters. The second-order valence-corrected chi connectivity index (χ2v) is 9.58. The molecule has 0 bridgehead atoms. The summed E-state index contributed by atoms with van der Waals surface area (Å²) in [6.45, 7) is 6.81. The van der Waals surface area contributed by atoms with E-state index in [1.54, 1.807) is 35.0 Å². The van der Waals surface area contributed by atoms with Crippen LogP contribution < -0.4 is 0 Å². The van der Waals surface area contributed by atoms with E-state index in [0.29, 0.717) is 25.1 Å². The summed E-state index contributed by atoms with van der Waals surface area (Å²) < 4.78 is 5.20. The Kier molecular flexibility index (Phi) is 7.82. The average Bonchev–Trinajstić information content (AvgIpc) is 3.33. The summed E-state index contributed by atoms with van der Waals surface area (Å²) in [6.07, 6.45) is 4.56. The van der Waals surface area contributed by atoms with E-state index in [0.717, 1.165) is 23.3 Å². The fourth-order valence-corrected chi connectivity index (χ4v) is 4.85. The molecule has 0 saturated carbocycles. The van der Waals surface area contributed by atoms with Gasteiger partial charge in [0.05, 0.1) is 6.61 Å². The standard InChI is InChI=1S/C24H27NO3S2/c1-4-5-12-28-24(27)11-7-18-6-9-21(26)20(14-18)25-15-19-8-10-22(30-19)23-13-16(2)17(3)29-23/h6,8-10,13-15,26H,4-5,7,11-12H2,1-3H3. The van der Waals surface area contributed by atoms with E-state index in [2.05, 4.69) is 37.9 Å². The van der Waals surface area contributed by atoms with Crippen LogP contribution in [0.15, 0.2) is 41.4 Å². The lowest BCUT2D eigenvalue weighted by atomic mass is 10.1. The van der Waals surface area contributed by atoms with Crippen LogP contribution in [0.2, 0.25) is 0 Å². The molecule has 0 fully saturated rings. The van der Waals surface area contributed by atoms with Crippen molar-refractivity contribution in [3.8, 4) is 15.5 Å². The molecule has 158 valence electrons. The lowest BCUT2D eigenvalue weighted by molar-refractivity contribution is -0.143. The van der Waals surface area contributed by atoms with Gasteiger partial charge >= 0.3 is 5.97 Å². The molecule has 3 aromatic rings. The first kappa shape index (κ1) is 22.2. The van der Waals surface area contributed by atoms with Crippen LogP contribution in [0.1, 0.15) is 47.1 Å². The summed E-state index contributed by atoms with van der Waals surface area (Å²) in [5.74, 6) is -0.0615. The summed E-state index contributed by atoms with van der Waals surface area (Å²) in [6, 6.07) is 11.6. The normalized spacial score (nSPS) is 11.3. The van der Waals surface area contributed by atoms with E-state index < -0.39 is 0 Å². The van der Waals surface area contributed by atoms with Crippen molar-refractivity contribution in [1.29, 1.82) is 0 Å². The molecule has 30 heavy (non-hydrogen) atoms. The number of nitrogens with zero attached hydrogens (tertiary/aromatic N) is 1. The highest BCUT2D eigenvalue weighted by atomic mass is 32.1. The fraction of sp³-hybridized carbons (Fsp3) is 0.333. The number of unbranched alkanes of at least 4 members (excludes halogenated alkanes) is 1. The number of phenols is 1. The number of carbonyl (C=O) groups is 1.